The number of nitrogens with one attached hydrogen (secondary N) is 1. The molecule has 4 heteroatoms. The lowest BCUT2D eigenvalue weighted by atomic mass is 10.1. The topological polar surface area (TPSA) is 30.5 Å². The zero-order valence-electron chi connectivity index (χ0n) is 12.3. The molecule has 0 bridgehead atoms. The minimum Gasteiger partial charge on any atom is -0.493 e. The zero-order valence-corrected chi connectivity index (χ0v) is 12.3. The van der Waals surface area contributed by atoms with Crippen LogP contribution in [0.15, 0.2) is 18.2 Å². The van der Waals surface area contributed by atoms with Gasteiger partial charge in [-0.25, -0.2) is 4.39 Å². The summed E-state index contributed by atoms with van der Waals surface area (Å²) in [5.41, 5.74) is 0.874. The molecule has 0 aromatic heterocycles. The maximum atomic E-state index is 13.4. The highest BCUT2D eigenvalue weighted by Gasteiger charge is 2.16. The van der Waals surface area contributed by atoms with Gasteiger partial charge < -0.3 is 14.8 Å². The molecule has 1 heterocycles. The number of benzene rings is 1. The van der Waals surface area contributed by atoms with E-state index in [1.165, 1.54) is 6.07 Å². The fourth-order valence-corrected chi connectivity index (χ4v) is 2.58. The second kappa shape index (κ2) is 7.60. The number of halogens is 1. The summed E-state index contributed by atoms with van der Waals surface area (Å²) in [6.45, 7) is 6.37. The normalized spacial score (nSPS) is 20.1. The Morgan fingerprint density at radius 3 is 3.05 bits per heavy atom. The summed E-state index contributed by atoms with van der Waals surface area (Å²) >= 11 is 0. The smallest absolute Gasteiger partial charge is 0.124 e. The number of ether oxygens (including phenoxy) is 2. The number of rotatable bonds is 7. The van der Waals surface area contributed by atoms with Crippen LogP contribution in [0, 0.1) is 5.82 Å². The third kappa shape index (κ3) is 4.18. The van der Waals surface area contributed by atoms with E-state index in [0.717, 1.165) is 43.7 Å². The standard InChI is InChI=1S/C16H24FNO2/c1-3-18-12(2)15-11-13(17)6-7-16(15)20-10-8-14-5-4-9-19-14/h6-7,11-12,14,18H,3-5,8-10H2,1-2H3. The Kier molecular flexibility index (Phi) is 5.80. The Morgan fingerprint density at radius 1 is 1.50 bits per heavy atom. The molecule has 1 aliphatic heterocycles. The molecule has 20 heavy (non-hydrogen) atoms. The molecule has 1 N–H and O–H groups in total. The van der Waals surface area contributed by atoms with E-state index < -0.39 is 0 Å². The van der Waals surface area contributed by atoms with Crippen LogP contribution in [0.1, 0.15) is 44.7 Å². The van der Waals surface area contributed by atoms with Crippen LogP contribution in [0.3, 0.4) is 0 Å². The molecule has 1 aromatic rings. The molecule has 2 atom stereocenters. The van der Waals surface area contributed by atoms with Crippen molar-refractivity contribution in [2.24, 2.45) is 0 Å². The molecule has 2 unspecified atom stereocenters. The third-order valence-electron chi connectivity index (χ3n) is 3.67. The highest BCUT2D eigenvalue weighted by Crippen LogP contribution is 2.26. The average Bonchev–Trinajstić information content (AvgIpc) is 2.94. The van der Waals surface area contributed by atoms with Crippen molar-refractivity contribution < 1.29 is 13.9 Å². The van der Waals surface area contributed by atoms with Gasteiger partial charge in [-0.2, -0.15) is 0 Å². The van der Waals surface area contributed by atoms with Crippen molar-refractivity contribution in [3.8, 4) is 5.75 Å². The van der Waals surface area contributed by atoms with Gasteiger partial charge in [0.1, 0.15) is 11.6 Å². The number of hydrogen-bond acceptors (Lipinski definition) is 3. The molecule has 2 rings (SSSR count). The molecule has 1 aliphatic rings. The van der Waals surface area contributed by atoms with E-state index in [1.54, 1.807) is 12.1 Å². The Hall–Kier alpha value is -1.13. The van der Waals surface area contributed by atoms with Crippen LogP contribution in [-0.2, 0) is 4.74 Å². The van der Waals surface area contributed by atoms with Gasteiger partial charge in [0.15, 0.2) is 0 Å². The zero-order chi connectivity index (χ0) is 14.4. The van der Waals surface area contributed by atoms with Crippen LogP contribution in [0.2, 0.25) is 0 Å². The lowest BCUT2D eigenvalue weighted by Crippen LogP contribution is -2.19. The lowest BCUT2D eigenvalue weighted by molar-refractivity contribution is 0.0901. The van der Waals surface area contributed by atoms with Gasteiger partial charge in [-0.1, -0.05) is 6.92 Å². The fourth-order valence-electron chi connectivity index (χ4n) is 2.58. The van der Waals surface area contributed by atoms with Crippen LogP contribution < -0.4 is 10.1 Å². The van der Waals surface area contributed by atoms with Crippen LogP contribution in [0.4, 0.5) is 4.39 Å². The Morgan fingerprint density at radius 2 is 2.35 bits per heavy atom. The largest absolute Gasteiger partial charge is 0.493 e. The van der Waals surface area contributed by atoms with E-state index in [4.69, 9.17) is 9.47 Å². The average molecular weight is 281 g/mol. The van der Waals surface area contributed by atoms with Crippen molar-refractivity contribution in [2.75, 3.05) is 19.8 Å². The molecule has 0 radical (unpaired) electrons. The molecule has 1 fully saturated rings. The van der Waals surface area contributed by atoms with E-state index in [0.29, 0.717) is 12.7 Å². The predicted octanol–water partition coefficient (Wildman–Crippen LogP) is 3.44. The molecule has 1 saturated heterocycles. The highest BCUT2D eigenvalue weighted by molar-refractivity contribution is 5.36. The van der Waals surface area contributed by atoms with Gasteiger partial charge in [0, 0.05) is 24.6 Å². The van der Waals surface area contributed by atoms with E-state index >= 15 is 0 Å². The highest BCUT2D eigenvalue weighted by atomic mass is 19.1. The van der Waals surface area contributed by atoms with Crippen molar-refractivity contribution >= 4 is 0 Å². The summed E-state index contributed by atoms with van der Waals surface area (Å²) in [4.78, 5) is 0. The molecule has 0 spiro atoms. The molecule has 0 aliphatic carbocycles. The quantitative estimate of drug-likeness (QED) is 0.830. The van der Waals surface area contributed by atoms with Gasteiger partial charge in [0.2, 0.25) is 0 Å². The minimum absolute atomic E-state index is 0.0773. The van der Waals surface area contributed by atoms with Crippen LogP contribution in [0.25, 0.3) is 0 Å². The van der Waals surface area contributed by atoms with Crippen molar-refractivity contribution in [1.82, 2.24) is 5.32 Å². The van der Waals surface area contributed by atoms with Gasteiger partial charge in [0.05, 0.1) is 12.7 Å². The van der Waals surface area contributed by atoms with E-state index in [9.17, 15) is 4.39 Å². The molecule has 0 amide bonds. The van der Waals surface area contributed by atoms with Gasteiger partial charge in [-0.05, 0) is 44.5 Å². The molecule has 112 valence electrons. The third-order valence-corrected chi connectivity index (χ3v) is 3.67. The first kappa shape index (κ1) is 15.3. The van der Waals surface area contributed by atoms with Crippen LogP contribution in [0.5, 0.6) is 5.75 Å². The van der Waals surface area contributed by atoms with E-state index in [2.05, 4.69) is 5.32 Å². The molecule has 0 saturated carbocycles. The first-order chi connectivity index (χ1) is 9.70. The summed E-state index contributed by atoms with van der Waals surface area (Å²) in [5, 5.41) is 3.29. The van der Waals surface area contributed by atoms with Crippen LogP contribution >= 0.6 is 0 Å². The van der Waals surface area contributed by atoms with Crippen molar-refractivity contribution in [2.45, 2.75) is 45.3 Å². The van der Waals surface area contributed by atoms with E-state index in [1.807, 2.05) is 13.8 Å². The second-order valence-corrected chi connectivity index (χ2v) is 5.23. The molecular formula is C16H24FNO2. The Labute approximate surface area is 120 Å². The first-order valence-corrected chi connectivity index (χ1v) is 7.48. The minimum atomic E-state index is -0.226. The maximum Gasteiger partial charge on any atom is 0.124 e. The summed E-state index contributed by atoms with van der Waals surface area (Å²) in [7, 11) is 0. The van der Waals surface area contributed by atoms with Crippen molar-refractivity contribution in [3.05, 3.63) is 29.6 Å². The Bertz CT molecular complexity index is 419. The van der Waals surface area contributed by atoms with Crippen molar-refractivity contribution in [1.29, 1.82) is 0 Å². The van der Waals surface area contributed by atoms with Gasteiger partial charge >= 0.3 is 0 Å². The molecule has 3 nitrogen and oxygen atoms in total. The fraction of sp³-hybridized carbons (Fsp3) is 0.625. The maximum absolute atomic E-state index is 13.4. The summed E-state index contributed by atoms with van der Waals surface area (Å²) in [6, 6.07) is 4.79. The van der Waals surface area contributed by atoms with Gasteiger partial charge in [0.25, 0.3) is 0 Å². The molecular weight excluding hydrogens is 257 g/mol. The van der Waals surface area contributed by atoms with Gasteiger partial charge in [-0.3, -0.25) is 0 Å². The van der Waals surface area contributed by atoms with Crippen LogP contribution in [-0.4, -0.2) is 25.9 Å². The van der Waals surface area contributed by atoms with Gasteiger partial charge in [-0.15, -0.1) is 0 Å². The number of hydrogen-bond donors (Lipinski definition) is 1. The second-order valence-electron chi connectivity index (χ2n) is 5.23. The molecule has 1 aromatic carbocycles. The summed E-state index contributed by atoms with van der Waals surface area (Å²) in [5.74, 6) is 0.536. The summed E-state index contributed by atoms with van der Waals surface area (Å²) in [6.07, 6.45) is 3.48. The Balaban J connectivity index is 1.94. The summed E-state index contributed by atoms with van der Waals surface area (Å²) < 4.78 is 24.8. The SMILES string of the molecule is CCNC(C)c1cc(F)ccc1OCCC1CCCO1. The predicted molar refractivity (Wildman–Crippen MR) is 77.6 cm³/mol. The van der Waals surface area contributed by atoms with Crippen molar-refractivity contribution in [3.63, 3.8) is 0 Å². The van der Waals surface area contributed by atoms with E-state index in [-0.39, 0.29) is 11.9 Å². The first-order valence-electron chi connectivity index (χ1n) is 7.48. The lowest BCUT2D eigenvalue weighted by Gasteiger charge is -2.18. The monoisotopic (exact) mass is 281 g/mol.